The summed E-state index contributed by atoms with van der Waals surface area (Å²) < 4.78 is 5.00. The van der Waals surface area contributed by atoms with Crippen LogP contribution in [-0.2, 0) is 9.53 Å². The van der Waals surface area contributed by atoms with Gasteiger partial charge in [-0.1, -0.05) is 26.2 Å². The molecule has 0 aromatic carbocycles. The minimum atomic E-state index is -0.970. The fraction of sp³-hybridized carbons (Fsp3) is 0.941. The maximum absolute atomic E-state index is 10.3. The van der Waals surface area contributed by atoms with Crippen LogP contribution in [0.1, 0.15) is 51.9 Å². The summed E-state index contributed by atoms with van der Waals surface area (Å²) >= 11 is 1.57. The summed E-state index contributed by atoms with van der Waals surface area (Å²) in [7, 11) is 0. The Morgan fingerprint density at radius 2 is 2.00 bits per heavy atom. The van der Waals surface area contributed by atoms with Crippen molar-refractivity contribution >= 4 is 17.7 Å². The first kappa shape index (κ1) is 21.7. The van der Waals surface area contributed by atoms with Crippen molar-refractivity contribution < 1.29 is 30.0 Å². The fourth-order valence-electron chi connectivity index (χ4n) is 3.14. The SMILES string of the molecule is CCCCC(O)CSC1C(O)CC(O)C1CCCCOCC(=O)O. The van der Waals surface area contributed by atoms with E-state index < -0.39 is 18.2 Å². The number of aliphatic hydroxyl groups excluding tert-OH is 3. The summed E-state index contributed by atoms with van der Waals surface area (Å²) in [6.07, 6.45) is 4.16. The molecule has 142 valence electrons. The smallest absolute Gasteiger partial charge is 0.329 e. The molecule has 0 heterocycles. The van der Waals surface area contributed by atoms with E-state index in [0.717, 1.165) is 38.5 Å². The summed E-state index contributed by atoms with van der Waals surface area (Å²) in [5, 5.41) is 38.7. The third-order valence-corrected chi connectivity index (χ3v) is 6.08. The van der Waals surface area contributed by atoms with Gasteiger partial charge in [-0.15, -0.1) is 0 Å². The maximum atomic E-state index is 10.3. The average Bonchev–Trinajstić information content (AvgIpc) is 2.79. The van der Waals surface area contributed by atoms with Gasteiger partial charge in [0.1, 0.15) is 6.61 Å². The normalized spacial score (nSPS) is 28.2. The van der Waals surface area contributed by atoms with E-state index in [0.29, 0.717) is 18.8 Å². The lowest BCUT2D eigenvalue weighted by Gasteiger charge is -2.24. The molecule has 0 spiro atoms. The van der Waals surface area contributed by atoms with Crippen LogP contribution in [0, 0.1) is 5.92 Å². The van der Waals surface area contributed by atoms with E-state index in [9.17, 15) is 20.1 Å². The number of ether oxygens (including phenoxy) is 1. The van der Waals surface area contributed by atoms with Crippen molar-refractivity contribution in [2.75, 3.05) is 19.0 Å². The van der Waals surface area contributed by atoms with Gasteiger partial charge in [-0.3, -0.25) is 0 Å². The number of hydrogen-bond donors (Lipinski definition) is 4. The van der Waals surface area contributed by atoms with Gasteiger partial charge in [0.2, 0.25) is 0 Å². The molecule has 1 saturated carbocycles. The van der Waals surface area contributed by atoms with Crippen LogP contribution in [0.4, 0.5) is 0 Å². The maximum Gasteiger partial charge on any atom is 0.329 e. The monoisotopic (exact) mass is 364 g/mol. The third-order valence-electron chi connectivity index (χ3n) is 4.45. The molecule has 24 heavy (non-hydrogen) atoms. The molecular formula is C17H32O6S. The zero-order valence-corrected chi connectivity index (χ0v) is 15.3. The second-order valence-electron chi connectivity index (χ2n) is 6.57. The van der Waals surface area contributed by atoms with Crippen molar-refractivity contribution in [2.24, 2.45) is 5.92 Å². The molecule has 0 aromatic heterocycles. The van der Waals surface area contributed by atoms with Gasteiger partial charge < -0.3 is 25.2 Å². The molecule has 0 amide bonds. The standard InChI is InChI=1S/C17H32O6S/c1-2-3-6-12(18)11-24-17-13(14(19)9-15(17)20)7-4-5-8-23-10-16(21)22/h12-15,17-20H,2-11H2,1H3,(H,21,22). The number of carbonyl (C=O) groups is 1. The molecule has 1 aliphatic rings. The number of unbranched alkanes of at least 4 members (excludes halogenated alkanes) is 2. The Morgan fingerprint density at radius 3 is 2.67 bits per heavy atom. The van der Waals surface area contributed by atoms with Gasteiger partial charge in [0.05, 0.1) is 18.3 Å². The minimum Gasteiger partial charge on any atom is -0.480 e. The molecule has 0 aromatic rings. The van der Waals surface area contributed by atoms with Crippen LogP contribution < -0.4 is 0 Å². The van der Waals surface area contributed by atoms with E-state index in [1.165, 1.54) is 0 Å². The van der Waals surface area contributed by atoms with Crippen molar-refractivity contribution in [3.63, 3.8) is 0 Å². The summed E-state index contributed by atoms with van der Waals surface area (Å²) in [5.74, 6) is -0.363. The van der Waals surface area contributed by atoms with E-state index in [1.807, 2.05) is 0 Å². The molecule has 7 heteroatoms. The van der Waals surface area contributed by atoms with Crippen molar-refractivity contribution in [1.82, 2.24) is 0 Å². The Morgan fingerprint density at radius 1 is 1.25 bits per heavy atom. The highest BCUT2D eigenvalue weighted by Crippen LogP contribution is 2.39. The van der Waals surface area contributed by atoms with Crippen LogP contribution in [0.15, 0.2) is 0 Å². The molecule has 1 fully saturated rings. The highest BCUT2D eigenvalue weighted by molar-refractivity contribution is 8.00. The lowest BCUT2D eigenvalue weighted by Crippen LogP contribution is -2.27. The molecule has 1 aliphatic carbocycles. The van der Waals surface area contributed by atoms with Crippen LogP contribution >= 0.6 is 11.8 Å². The lowest BCUT2D eigenvalue weighted by molar-refractivity contribution is -0.142. The first-order valence-corrected chi connectivity index (χ1v) is 9.95. The van der Waals surface area contributed by atoms with E-state index in [4.69, 9.17) is 9.84 Å². The fourth-order valence-corrected chi connectivity index (χ4v) is 4.65. The van der Waals surface area contributed by atoms with Gasteiger partial charge in [-0.05, 0) is 25.2 Å². The molecule has 5 unspecified atom stereocenters. The number of thioether (sulfide) groups is 1. The van der Waals surface area contributed by atoms with Crippen LogP contribution in [0.2, 0.25) is 0 Å². The van der Waals surface area contributed by atoms with E-state index in [1.54, 1.807) is 11.8 Å². The summed E-state index contributed by atoms with van der Waals surface area (Å²) in [6.45, 7) is 2.21. The molecule has 0 radical (unpaired) electrons. The number of hydrogen-bond acceptors (Lipinski definition) is 6. The summed E-state index contributed by atoms with van der Waals surface area (Å²) in [6, 6.07) is 0. The van der Waals surface area contributed by atoms with Gasteiger partial charge in [0, 0.05) is 24.0 Å². The van der Waals surface area contributed by atoms with Crippen molar-refractivity contribution in [3.05, 3.63) is 0 Å². The number of carboxylic acids is 1. The zero-order valence-electron chi connectivity index (χ0n) is 14.5. The Balaban J connectivity index is 2.30. The second-order valence-corrected chi connectivity index (χ2v) is 7.78. The van der Waals surface area contributed by atoms with Gasteiger partial charge in [-0.2, -0.15) is 11.8 Å². The van der Waals surface area contributed by atoms with Crippen LogP contribution in [0.25, 0.3) is 0 Å². The van der Waals surface area contributed by atoms with Gasteiger partial charge in [0.25, 0.3) is 0 Å². The molecular weight excluding hydrogens is 332 g/mol. The zero-order chi connectivity index (χ0) is 17.9. The number of aliphatic carboxylic acids is 1. The highest BCUT2D eigenvalue weighted by atomic mass is 32.2. The predicted octanol–water partition coefficient (Wildman–Crippen LogP) is 1.65. The highest BCUT2D eigenvalue weighted by Gasteiger charge is 2.41. The van der Waals surface area contributed by atoms with Gasteiger partial charge in [0.15, 0.2) is 0 Å². The third kappa shape index (κ3) is 8.16. The van der Waals surface area contributed by atoms with E-state index >= 15 is 0 Å². The number of rotatable bonds is 13. The Labute approximate surface area is 148 Å². The first-order valence-electron chi connectivity index (χ1n) is 8.91. The topological polar surface area (TPSA) is 107 Å². The molecule has 4 N–H and O–H groups in total. The van der Waals surface area contributed by atoms with Crippen LogP contribution in [-0.4, -0.2) is 68.9 Å². The molecule has 6 nitrogen and oxygen atoms in total. The number of aliphatic hydroxyl groups is 3. The molecule has 1 rings (SSSR count). The first-order chi connectivity index (χ1) is 11.5. The Hall–Kier alpha value is -0.340. The number of carboxylic acid groups (broad SMARTS) is 1. The van der Waals surface area contributed by atoms with Crippen LogP contribution in [0.3, 0.4) is 0 Å². The minimum absolute atomic E-state index is 0.0165. The largest absolute Gasteiger partial charge is 0.480 e. The predicted molar refractivity (Wildman–Crippen MR) is 94.2 cm³/mol. The van der Waals surface area contributed by atoms with Crippen molar-refractivity contribution in [3.8, 4) is 0 Å². The van der Waals surface area contributed by atoms with E-state index in [-0.39, 0.29) is 23.9 Å². The molecule has 0 aliphatic heterocycles. The van der Waals surface area contributed by atoms with Gasteiger partial charge in [-0.25, -0.2) is 4.79 Å². The molecule has 0 saturated heterocycles. The van der Waals surface area contributed by atoms with Crippen LogP contribution in [0.5, 0.6) is 0 Å². The quantitative estimate of drug-likeness (QED) is 0.368. The summed E-state index contributed by atoms with van der Waals surface area (Å²) in [5.41, 5.74) is 0. The van der Waals surface area contributed by atoms with Crippen molar-refractivity contribution in [1.29, 1.82) is 0 Å². The second kappa shape index (κ2) is 12.1. The average molecular weight is 365 g/mol. The summed E-state index contributed by atoms with van der Waals surface area (Å²) in [4.78, 5) is 10.3. The van der Waals surface area contributed by atoms with Crippen molar-refractivity contribution in [2.45, 2.75) is 75.4 Å². The Bertz CT molecular complexity index is 354. The van der Waals surface area contributed by atoms with E-state index in [2.05, 4.69) is 6.92 Å². The Kier molecular flexibility index (Phi) is 10.9. The molecule has 0 bridgehead atoms. The lowest BCUT2D eigenvalue weighted by atomic mass is 9.98. The molecule has 5 atom stereocenters. The van der Waals surface area contributed by atoms with Gasteiger partial charge >= 0.3 is 5.97 Å².